The number of fused-ring (bicyclic) bond motifs is 1. The molecule has 0 aromatic carbocycles. The first-order valence-corrected chi connectivity index (χ1v) is 5.82. The summed E-state index contributed by atoms with van der Waals surface area (Å²) < 4.78 is 5.59. The van der Waals surface area contributed by atoms with Crippen molar-refractivity contribution in [1.29, 1.82) is 0 Å². The summed E-state index contributed by atoms with van der Waals surface area (Å²) in [6.07, 6.45) is 7.40. The molecule has 0 N–H and O–H groups in total. The van der Waals surface area contributed by atoms with Crippen molar-refractivity contribution in [3.63, 3.8) is 0 Å². The van der Waals surface area contributed by atoms with Gasteiger partial charge in [-0.1, -0.05) is 19.3 Å². The molecule has 2 unspecified atom stereocenters. The van der Waals surface area contributed by atoms with Crippen molar-refractivity contribution in [3.05, 3.63) is 0 Å². The molecule has 2 heterocycles. The van der Waals surface area contributed by atoms with E-state index in [1.54, 1.807) is 0 Å². The maximum atomic E-state index is 11.8. The lowest BCUT2D eigenvalue weighted by atomic mass is 9.87. The number of carbonyl (C=O) groups excluding carboxylic acids is 1. The molecule has 0 bridgehead atoms. The van der Waals surface area contributed by atoms with Crippen LogP contribution < -0.4 is 0 Å². The Bertz CT molecular complexity index is 248. The molecule has 3 heteroatoms. The van der Waals surface area contributed by atoms with Crippen LogP contribution in [-0.4, -0.2) is 29.7 Å². The molecule has 2 aliphatic heterocycles. The summed E-state index contributed by atoms with van der Waals surface area (Å²) in [6.45, 7) is 0.782. The number of ether oxygens (including phenoxy) is 1. The lowest BCUT2D eigenvalue weighted by Gasteiger charge is -2.48. The van der Waals surface area contributed by atoms with Crippen molar-refractivity contribution < 1.29 is 9.53 Å². The number of hydrogen-bond donors (Lipinski definition) is 0. The second-order valence-corrected chi connectivity index (χ2v) is 4.69. The lowest BCUT2D eigenvalue weighted by molar-refractivity contribution is -0.183. The third-order valence-corrected chi connectivity index (χ3v) is 3.88. The fourth-order valence-corrected chi connectivity index (χ4v) is 3.08. The quantitative estimate of drug-likeness (QED) is 0.594. The summed E-state index contributed by atoms with van der Waals surface area (Å²) in [5.41, 5.74) is 0. The van der Waals surface area contributed by atoms with Crippen molar-refractivity contribution in [2.75, 3.05) is 6.61 Å². The molecule has 3 aliphatic rings. The molecule has 0 aromatic rings. The lowest BCUT2D eigenvalue weighted by Crippen LogP contribution is -2.63. The number of β-lactam (4-membered cyclic amide) rings is 1. The smallest absolute Gasteiger partial charge is 0.232 e. The summed E-state index contributed by atoms with van der Waals surface area (Å²) in [7, 11) is 0. The minimum atomic E-state index is 0.158. The van der Waals surface area contributed by atoms with E-state index in [0.29, 0.717) is 11.9 Å². The van der Waals surface area contributed by atoms with Gasteiger partial charge in [0.05, 0.1) is 12.5 Å². The first-order valence-electron chi connectivity index (χ1n) is 5.82. The van der Waals surface area contributed by atoms with E-state index in [1.165, 1.54) is 32.1 Å². The van der Waals surface area contributed by atoms with E-state index < -0.39 is 0 Å². The van der Waals surface area contributed by atoms with E-state index in [9.17, 15) is 4.79 Å². The SMILES string of the molecule is O=C1C2CCOC2N1C1CCCCC1. The van der Waals surface area contributed by atoms with Gasteiger partial charge in [-0.05, 0) is 19.3 Å². The monoisotopic (exact) mass is 195 g/mol. The van der Waals surface area contributed by atoms with Gasteiger partial charge in [-0.15, -0.1) is 0 Å². The Morgan fingerprint density at radius 2 is 1.93 bits per heavy atom. The average molecular weight is 195 g/mol. The van der Waals surface area contributed by atoms with Crippen molar-refractivity contribution in [3.8, 4) is 0 Å². The van der Waals surface area contributed by atoms with Crippen LogP contribution in [0.1, 0.15) is 38.5 Å². The van der Waals surface area contributed by atoms with Gasteiger partial charge in [0.25, 0.3) is 0 Å². The van der Waals surface area contributed by atoms with Gasteiger partial charge < -0.3 is 9.64 Å². The van der Waals surface area contributed by atoms with E-state index >= 15 is 0 Å². The number of nitrogens with zero attached hydrogens (tertiary/aromatic N) is 1. The maximum Gasteiger partial charge on any atom is 0.232 e. The zero-order chi connectivity index (χ0) is 9.54. The molecule has 1 amide bonds. The first kappa shape index (κ1) is 8.72. The van der Waals surface area contributed by atoms with Crippen LogP contribution in [0, 0.1) is 5.92 Å². The zero-order valence-corrected chi connectivity index (χ0v) is 8.45. The van der Waals surface area contributed by atoms with Gasteiger partial charge in [0.1, 0.15) is 6.23 Å². The summed E-state index contributed by atoms with van der Waals surface area (Å²) in [5.74, 6) is 0.580. The van der Waals surface area contributed by atoms with Crippen LogP contribution in [0.25, 0.3) is 0 Å². The van der Waals surface area contributed by atoms with Crippen LogP contribution in [0.2, 0.25) is 0 Å². The van der Waals surface area contributed by atoms with Gasteiger partial charge in [-0.3, -0.25) is 4.79 Å². The highest BCUT2D eigenvalue weighted by Gasteiger charge is 2.53. The van der Waals surface area contributed by atoms with E-state index in [0.717, 1.165) is 13.0 Å². The first-order chi connectivity index (χ1) is 6.88. The number of amides is 1. The molecule has 0 spiro atoms. The number of likely N-dealkylation sites (tertiary alicyclic amines) is 1. The fourth-order valence-electron chi connectivity index (χ4n) is 3.08. The third kappa shape index (κ3) is 1.11. The summed E-state index contributed by atoms with van der Waals surface area (Å²) in [5, 5.41) is 0. The number of hydrogen-bond acceptors (Lipinski definition) is 2. The van der Waals surface area contributed by atoms with Crippen LogP contribution in [0.3, 0.4) is 0 Å². The molecule has 2 atom stereocenters. The molecule has 14 heavy (non-hydrogen) atoms. The molecule has 3 fully saturated rings. The summed E-state index contributed by atoms with van der Waals surface area (Å²) in [4.78, 5) is 13.8. The maximum absolute atomic E-state index is 11.8. The van der Waals surface area contributed by atoms with E-state index in [2.05, 4.69) is 0 Å². The van der Waals surface area contributed by atoms with Crippen LogP contribution in [0.4, 0.5) is 0 Å². The molecular weight excluding hydrogens is 178 g/mol. The third-order valence-electron chi connectivity index (χ3n) is 3.88. The summed E-state index contributed by atoms with van der Waals surface area (Å²) in [6, 6.07) is 0.496. The minimum absolute atomic E-state index is 0.158. The number of carbonyl (C=O) groups is 1. The second kappa shape index (κ2) is 3.23. The predicted molar refractivity (Wildman–Crippen MR) is 51.6 cm³/mol. The van der Waals surface area contributed by atoms with E-state index in [4.69, 9.17) is 4.74 Å². The average Bonchev–Trinajstić information content (AvgIpc) is 2.63. The highest BCUT2D eigenvalue weighted by Crippen LogP contribution is 2.40. The Morgan fingerprint density at radius 3 is 2.71 bits per heavy atom. The van der Waals surface area contributed by atoms with E-state index in [1.807, 2.05) is 4.90 Å². The molecule has 0 radical (unpaired) electrons. The van der Waals surface area contributed by atoms with Gasteiger partial charge >= 0.3 is 0 Å². The Balaban J connectivity index is 1.69. The number of rotatable bonds is 1. The molecular formula is C11H17NO2. The molecule has 1 saturated carbocycles. The van der Waals surface area contributed by atoms with Crippen molar-refractivity contribution in [2.45, 2.75) is 50.8 Å². The van der Waals surface area contributed by atoms with Crippen LogP contribution >= 0.6 is 0 Å². The zero-order valence-electron chi connectivity index (χ0n) is 8.45. The Morgan fingerprint density at radius 1 is 1.14 bits per heavy atom. The fraction of sp³-hybridized carbons (Fsp3) is 0.909. The van der Waals surface area contributed by atoms with Crippen molar-refractivity contribution >= 4 is 5.91 Å². The largest absolute Gasteiger partial charge is 0.357 e. The standard InChI is InChI=1S/C11H17NO2/c13-10-9-6-7-14-11(9)12(10)8-4-2-1-3-5-8/h8-9,11H,1-7H2. The molecule has 3 nitrogen and oxygen atoms in total. The Kier molecular flexibility index (Phi) is 2.01. The Labute approximate surface area is 84.4 Å². The minimum Gasteiger partial charge on any atom is -0.357 e. The van der Waals surface area contributed by atoms with Crippen molar-refractivity contribution in [2.24, 2.45) is 5.92 Å². The van der Waals surface area contributed by atoms with Crippen LogP contribution in [-0.2, 0) is 9.53 Å². The second-order valence-electron chi connectivity index (χ2n) is 4.69. The van der Waals surface area contributed by atoms with Gasteiger partial charge in [-0.25, -0.2) is 0 Å². The molecule has 2 saturated heterocycles. The normalized spacial score (nSPS) is 38.3. The Hall–Kier alpha value is -0.570. The van der Waals surface area contributed by atoms with Gasteiger partial charge in [0.2, 0.25) is 5.91 Å². The van der Waals surface area contributed by atoms with Crippen molar-refractivity contribution in [1.82, 2.24) is 4.90 Å². The van der Waals surface area contributed by atoms with Crippen LogP contribution in [0.15, 0.2) is 0 Å². The highest BCUT2D eigenvalue weighted by atomic mass is 16.5. The highest BCUT2D eigenvalue weighted by molar-refractivity contribution is 5.86. The molecule has 1 aliphatic carbocycles. The van der Waals surface area contributed by atoms with E-state index in [-0.39, 0.29) is 12.1 Å². The predicted octanol–water partition coefficient (Wildman–Crippen LogP) is 1.52. The van der Waals surface area contributed by atoms with Gasteiger partial charge in [-0.2, -0.15) is 0 Å². The topological polar surface area (TPSA) is 29.5 Å². The molecule has 78 valence electrons. The van der Waals surface area contributed by atoms with Crippen LogP contribution in [0.5, 0.6) is 0 Å². The molecule has 0 aromatic heterocycles. The molecule has 3 rings (SSSR count). The summed E-state index contributed by atoms with van der Waals surface area (Å²) >= 11 is 0. The van der Waals surface area contributed by atoms with Gasteiger partial charge in [0.15, 0.2) is 0 Å². The van der Waals surface area contributed by atoms with Gasteiger partial charge in [0, 0.05) is 6.04 Å².